The lowest BCUT2D eigenvalue weighted by Crippen LogP contribution is -2.14. The number of hydrogen-bond acceptors (Lipinski definition) is 9. The van der Waals surface area contributed by atoms with Crippen molar-refractivity contribution in [2.45, 2.75) is 40.0 Å². The normalized spacial score (nSPS) is 11.4. The highest BCUT2D eigenvalue weighted by Crippen LogP contribution is 2.41. The summed E-state index contributed by atoms with van der Waals surface area (Å²) in [5, 5.41) is 4.48. The van der Waals surface area contributed by atoms with Gasteiger partial charge in [0.2, 0.25) is 0 Å². The van der Waals surface area contributed by atoms with E-state index in [0.29, 0.717) is 35.2 Å². The van der Waals surface area contributed by atoms with Crippen LogP contribution in [0.4, 0.5) is 9.59 Å². The summed E-state index contributed by atoms with van der Waals surface area (Å²) in [7, 11) is 1.65. The Hall–Kier alpha value is -8.69. The van der Waals surface area contributed by atoms with Gasteiger partial charge in [-0.15, -0.1) is 0 Å². The van der Waals surface area contributed by atoms with Crippen molar-refractivity contribution in [3.63, 3.8) is 0 Å². The molecule has 9 rings (SSSR count). The minimum Gasteiger partial charge on any atom is -0.496 e. The van der Waals surface area contributed by atoms with Crippen LogP contribution in [0.2, 0.25) is 0 Å². The molecule has 0 bridgehead atoms. The fourth-order valence-corrected chi connectivity index (χ4v) is 8.72. The first-order valence-corrected chi connectivity index (χ1v) is 22.5. The van der Waals surface area contributed by atoms with Crippen LogP contribution in [0.25, 0.3) is 43.8 Å². The maximum Gasteiger partial charge on any atom is 0.519 e. The number of hydrogen-bond donors (Lipinski definition) is 0. The Morgan fingerprint density at radius 1 is 0.449 bits per heavy atom. The zero-order chi connectivity index (χ0) is 48.0. The second-order valence-electron chi connectivity index (χ2n) is 16.8. The lowest BCUT2D eigenvalue weighted by Gasteiger charge is -2.18. The van der Waals surface area contributed by atoms with Gasteiger partial charge < -0.3 is 28.4 Å². The van der Waals surface area contributed by atoms with E-state index in [1.807, 2.05) is 111 Å². The van der Waals surface area contributed by atoms with E-state index in [-0.39, 0.29) is 11.9 Å². The number of methoxy groups -OCH3 is 1. The summed E-state index contributed by atoms with van der Waals surface area (Å²) < 4.78 is 32.9. The Kier molecular flexibility index (Phi) is 13.2. The largest absolute Gasteiger partial charge is 0.519 e. The molecule has 9 nitrogen and oxygen atoms in total. The summed E-state index contributed by atoms with van der Waals surface area (Å²) in [6.45, 7) is 7.33. The zero-order valence-corrected chi connectivity index (χ0v) is 38.8. The molecular weight excluding hydrogens is 865 g/mol. The molecule has 0 saturated heterocycles. The van der Waals surface area contributed by atoms with Crippen LogP contribution in [0, 0.1) is 13.8 Å². The molecule has 69 heavy (non-hydrogen) atoms. The van der Waals surface area contributed by atoms with Crippen molar-refractivity contribution >= 4 is 39.8 Å². The number of ether oxygens (including phenoxy) is 6. The van der Waals surface area contributed by atoms with Gasteiger partial charge in [-0.25, -0.2) is 9.59 Å². The van der Waals surface area contributed by atoms with Crippen molar-refractivity contribution in [2.75, 3.05) is 7.11 Å². The third kappa shape index (κ3) is 10.3. The summed E-state index contributed by atoms with van der Waals surface area (Å²) in [6.07, 6.45) is -0.995. The third-order valence-corrected chi connectivity index (χ3v) is 12.2. The van der Waals surface area contributed by atoms with Gasteiger partial charge >= 0.3 is 18.3 Å². The molecule has 0 amide bonds. The second kappa shape index (κ2) is 20.0. The Labute approximate surface area is 400 Å². The van der Waals surface area contributed by atoms with Crippen molar-refractivity contribution < 1.29 is 42.8 Å². The van der Waals surface area contributed by atoms with Gasteiger partial charge in [-0.3, -0.25) is 4.79 Å². The van der Waals surface area contributed by atoms with Gasteiger partial charge in [0.05, 0.1) is 7.11 Å². The average Bonchev–Trinajstić information content (AvgIpc) is 3.35. The predicted molar refractivity (Wildman–Crippen MR) is 269 cm³/mol. The highest BCUT2D eigenvalue weighted by Gasteiger charge is 2.18. The molecule has 1 unspecified atom stereocenters. The highest BCUT2D eigenvalue weighted by atomic mass is 16.7. The molecule has 0 aliphatic carbocycles. The summed E-state index contributed by atoms with van der Waals surface area (Å²) in [6, 6.07) is 58.0. The standard InChI is InChI=1S/C60H48O9/c1-37-34-45(22-32-56(37)64-5)46-23-33-57(38(2)35-46)69-60(63)68-49-28-18-43(19-29-49)39(3)42-16-26-48(27-17-42)66-59(62)67-50-30-20-44(21-31-50)58-53-12-8-6-10-51(53)55(52-11-7-9-13-54(52)58)36-41-14-24-47(25-15-41)65-40(4)61/h6-35,39H,36H2,1-5H3. The molecular formula is C60H48O9. The van der Waals surface area contributed by atoms with Crippen LogP contribution in [0.1, 0.15) is 53.1 Å². The van der Waals surface area contributed by atoms with E-state index < -0.39 is 12.3 Å². The number of carbonyl (C=O) groups excluding carboxylic acids is 3. The first kappa shape index (κ1) is 45.5. The average molecular weight is 913 g/mol. The maximum atomic E-state index is 13.0. The molecule has 9 heteroatoms. The minimum absolute atomic E-state index is 0.0149. The van der Waals surface area contributed by atoms with Crippen LogP contribution in [-0.4, -0.2) is 25.4 Å². The van der Waals surface area contributed by atoms with Crippen LogP contribution in [0.5, 0.6) is 34.5 Å². The Bertz CT molecular complexity index is 3280. The Balaban J connectivity index is 0.808. The van der Waals surface area contributed by atoms with Crippen molar-refractivity contribution in [3.05, 3.63) is 215 Å². The fourth-order valence-electron chi connectivity index (χ4n) is 8.72. The van der Waals surface area contributed by atoms with E-state index in [1.54, 1.807) is 49.6 Å². The van der Waals surface area contributed by atoms with Crippen LogP contribution >= 0.6 is 0 Å². The topological polar surface area (TPSA) is 107 Å². The van der Waals surface area contributed by atoms with Gasteiger partial charge in [-0.2, -0.15) is 0 Å². The molecule has 0 saturated carbocycles. The molecule has 0 fully saturated rings. The first-order chi connectivity index (χ1) is 33.5. The Morgan fingerprint density at radius 3 is 1.32 bits per heavy atom. The summed E-state index contributed by atoms with van der Waals surface area (Å²) >= 11 is 0. The second-order valence-corrected chi connectivity index (χ2v) is 16.8. The number of carbonyl (C=O) groups is 3. The number of fused-ring (bicyclic) bond motifs is 2. The molecule has 0 N–H and O–H groups in total. The molecule has 9 aromatic carbocycles. The Morgan fingerprint density at radius 2 is 0.855 bits per heavy atom. The van der Waals surface area contributed by atoms with Gasteiger partial charge in [-0.1, -0.05) is 116 Å². The van der Waals surface area contributed by atoms with Gasteiger partial charge in [0, 0.05) is 12.8 Å². The van der Waals surface area contributed by atoms with Crippen molar-refractivity contribution in [1.82, 2.24) is 0 Å². The van der Waals surface area contributed by atoms with Crippen LogP contribution in [0.15, 0.2) is 182 Å². The summed E-state index contributed by atoms with van der Waals surface area (Å²) in [4.78, 5) is 37.2. The van der Waals surface area contributed by atoms with Gasteiger partial charge in [0.25, 0.3) is 0 Å². The third-order valence-electron chi connectivity index (χ3n) is 12.2. The smallest absolute Gasteiger partial charge is 0.496 e. The maximum absolute atomic E-state index is 13.0. The summed E-state index contributed by atoms with van der Waals surface area (Å²) in [5.74, 6) is 2.43. The highest BCUT2D eigenvalue weighted by molar-refractivity contribution is 6.15. The van der Waals surface area contributed by atoms with E-state index in [4.69, 9.17) is 28.4 Å². The van der Waals surface area contributed by atoms with E-state index in [2.05, 4.69) is 49.4 Å². The van der Waals surface area contributed by atoms with E-state index >= 15 is 0 Å². The number of benzene rings is 9. The number of esters is 1. The van der Waals surface area contributed by atoms with Crippen LogP contribution in [0.3, 0.4) is 0 Å². The van der Waals surface area contributed by atoms with Gasteiger partial charge in [0.15, 0.2) is 0 Å². The molecule has 0 aliphatic rings. The van der Waals surface area contributed by atoms with Crippen molar-refractivity contribution in [2.24, 2.45) is 0 Å². The summed E-state index contributed by atoms with van der Waals surface area (Å²) in [5.41, 5.74) is 10.2. The van der Waals surface area contributed by atoms with Gasteiger partial charge in [0.1, 0.15) is 34.5 Å². The first-order valence-electron chi connectivity index (χ1n) is 22.5. The molecule has 0 aliphatic heterocycles. The van der Waals surface area contributed by atoms with Gasteiger partial charge in [-0.05, 0) is 170 Å². The van der Waals surface area contributed by atoms with E-state index in [0.717, 1.165) is 77.4 Å². The molecule has 0 heterocycles. The molecule has 9 aromatic rings. The monoisotopic (exact) mass is 912 g/mol. The predicted octanol–water partition coefficient (Wildman–Crippen LogP) is 14.8. The number of aryl methyl sites for hydroxylation is 2. The lowest BCUT2D eigenvalue weighted by atomic mass is 9.86. The molecule has 0 radical (unpaired) electrons. The zero-order valence-electron chi connectivity index (χ0n) is 38.8. The van der Waals surface area contributed by atoms with E-state index in [1.165, 1.54) is 12.5 Å². The quantitative estimate of drug-likeness (QED) is 0.0512. The fraction of sp³-hybridized carbons (Fsp3) is 0.117. The molecule has 0 aromatic heterocycles. The molecule has 342 valence electrons. The SMILES string of the molecule is COc1ccc(-c2ccc(OC(=O)Oc3ccc(C(C)c4ccc(OC(=O)Oc5ccc(-c6c7ccccc7c(Cc7ccc(OC(C)=O)cc7)c7ccccc67)cc5)cc4)cc3)c(C)c2)cc1C. The van der Waals surface area contributed by atoms with E-state index in [9.17, 15) is 14.4 Å². The van der Waals surface area contributed by atoms with Crippen molar-refractivity contribution in [1.29, 1.82) is 0 Å². The minimum atomic E-state index is -0.852. The van der Waals surface area contributed by atoms with Crippen molar-refractivity contribution in [3.8, 4) is 56.8 Å². The lowest BCUT2D eigenvalue weighted by molar-refractivity contribution is -0.131. The van der Waals surface area contributed by atoms with Crippen LogP contribution in [-0.2, 0) is 11.2 Å². The molecule has 1 atom stereocenters. The number of rotatable bonds is 12. The molecule has 0 spiro atoms. The van der Waals surface area contributed by atoms with Crippen LogP contribution < -0.4 is 28.4 Å².